The molecular formula is C17H19ClN2O4S. The normalized spacial score (nSPS) is 16.4. The number of likely N-dealkylation sites (tertiary alicyclic amines) is 1. The minimum absolute atomic E-state index is 0.0195. The average Bonchev–Trinajstić information content (AvgIpc) is 2.60. The molecule has 1 aromatic rings. The molecule has 0 N–H and O–H groups in total. The molecule has 0 radical (unpaired) electrons. The predicted octanol–water partition coefficient (Wildman–Crippen LogP) is 2.75. The molecular weight excluding hydrogens is 364 g/mol. The van der Waals surface area contributed by atoms with Crippen molar-refractivity contribution in [2.45, 2.75) is 24.7 Å². The Hall–Kier alpha value is -2.04. The Bertz CT molecular complexity index is 789. The van der Waals surface area contributed by atoms with Crippen molar-refractivity contribution in [1.29, 1.82) is 5.26 Å². The van der Waals surface area contributed by atoms with E-state index in [4.69, 9.17) is 16.3 Å². The molecule has 1 aliphatic heterocycles. The second kappa shape index (κ2) is 8.37. The smallest absolute Gasteiger partial charge is 0.309 e. The highest BCUT2D eigenvalue weighted by molar-refractivity contribution is 7.95. The van der Waals surface area contributed by atoms with E-state index in [1.165, 1.54) is 30.5 Å². The summed E-state index contributed by atoms with van der Waals surface area (Å²) < 4.78 is 30.2. The molecule has 0 bridgehead atoms. The molecule has 1 aromatic carbocycles. The molecule has 6 nitrogen and oxygen atoms in total. The third kappa shape index (κ3) is 4.74. The number of nitriles is 1. The van der Waals surface area contributed by atoms with E-state index in [0.29, 0.717) is 37.6 Å². The number of hydrogen-bond donors (Lipinski definition) is 0. The number of piperidine rings is 1. The molecule has 1 aliphatic rings. The fourth-order valence-electron chi connectivity index (χ4n) is 2.59. The first-order valence-corrected chi connectivity index (χ1v) is 9.78. The lowest BCUT2D eigenvalue weighted by Gasteiger charge is -2.30. The highest BCUT2D eigenvalue weighted by Crippen LogP contribution is 2.24. The van der Waals surface area contributed by atoms with Crippen molar-refractivity contribution >= 4 is 27.4 Å². The summed E-state index contributed by atoms with van der Waals surface area (Å²) in [5.74, 6) is -0.400. The summed E-state index contributed by atoms with van der Waals surface area (Å²) in [5.41, 5.74) is 0. The van der Waals surface area contributed by atoms with Gasteiger partial charge in [-0.25, -0.2) is 8.42 Å². The van der Waals surface area contributed by atoms with E-state index >= 15 is 0 Å². The van der Waals surface area contributed by atoms with Gasteiger partial charge in [0.25, 0.3) is 0 Å². The zero-order chi connectivity index (χ0) is 18.4. The Morgan fingerprint density at radius 2 is 1.96 bits per heavy atom. The second-order valence-electron chi connectivity index (χ2n) is 5.62. The number of allylic oxidation sites excluding steroid dienone is 1. The Morgan fingerprint density at radius 1 is 1.36 bits per heavy atom. The van der Waals surface area contributed by atoms with Crippen LogP contribution in [0, 0.1) is 17.2 Å². The monoisotopic (exact) mass is 382 g/mol. The van der Waals surface area contributed by atoms with Gasteiger partial charge in [-0.1, -0.05) is 11.6 Å². The van der Waals surface area contributed by atoms with Gasteiger partial charge in [-0.2, -0.15) is 5.26 Å². The fraction of sp³-hybridized carbons (Fsp3) is 0.412. The topological polar surface area (TPSA) is 87.5 Å². The molecule has 1 saturated heterocycles. The van der Waals surface area contributed by atoms with E-state index in [-0.39, 0.29) is 21.7 Å². The van der Waals surface area contributed by atoms with Crippen molar-refractivity contribution in [3.8, 4) is 6.07 Å². The zero-order valence-electron chi connectivity index (χ0n) is 13.8. The van der Waals surface area contributed by atoms with Crippen LogP contribution in [-0.2, 0) is 19.4 Å². The summed E-state index contributed by atoms with van der Waals surface area (Å²) in [6, 6.07) is 7.44. The van der Waals surface area contributed by atoms with Crippen LogP contribution in [0.5, 0.6) is 0 Å². The van der Waals surface area contributed by atoms with Gasteiger partial charge in [0.2, 0.25) is 9.84 Å². The van der Waals surface area contributed by atoms with Crippen LogP contribution in [-0.4, -0.2) is 39.0 Å². The van der Waals surface area contributed by atoms with Gasteiger partial charge in [0.1, 0.15) is 6.07 Å². The van der Waals surface area contributed by atoms with Crippen LogP contribution in [0.3, 0.4) is 0 Å². The van der Waals surface area contributed by atoms with Gasteiger partial charge in [-0.05, 0) is 44.0 Å². The van der Waals surface area contributed by atoms with Crippen molar-refractivity contribution in [2.24, 2.45) is 5.92 Å². The number of esters is 1. The van der Waals surface area contributed by atoms with E-state index in [1.807, 2.05) is 0 Å². The van der Waals surface area contributed by atoms with Gasteiger partial charge in [-0.3, -0.25) is 4.79 Å². The molecule has 2 rings (SSSR count). The number of benzene rings is 1. The van der Waals surface area contributed by atoms with Crippen molar-refractivity contribution in [3.05, 3.63) is 40.4 Å². The molecule has 8 heteroatoms. The first-order valence-electron chi connectivity index (χ1n) is 7.91. The molecule has 0 unspecified atom stereocenters. The number of halogens is 1. The molecule has 1 fully saturated rings. The maximum absolute atomic E-state index is 12.6. The standard InChI is InChI=1S/C17H19ClN2O4S/c1-2-24-17(21)13-7-9-20(10-8-13)12-16(11-19)25(22,23)15-5-3-14(18)4-6-15/h3-6,12-13H,2,7-10H2,1H3/b16-12+. The number of ether oxygens (including phenoxy) is 1. The molecule has 0 aliphatic carbocycles. The number of sulfone groups is 1. The summed E-state index contributed by atoms with van der Waals surface area (Å²) in [7, 11) is -3.90. The molecule has 0 saturated carbocycles. The number of nitrogens with zero attached hydrogens (tertiary/aromatic N) is 2. The van der Waals surface area contributed by atoms with Crippen LogP contribution in [0.25, 0.3) is 0 Å². The number of carbonyl (C=O) groups excluding carboxylic acids is 1. The predicted molar refractivity (Wildman–Crippen MR) is 93.3 cm³/mol. The Kier molecular flexibility index (Phi) is 6.45. The van der Waals surface area contributed by atoms with Crippen molar-refractivity contribution in [1.82, 2.24) is 4.90 Å². The quantitative estimate of drug-likeness (QED) is 0.574. The van der Waals surface area contributed by atoms with E-state index in [9.17, 15) is 18.5 Å². The van der Waals surface area contributed by atoms with Gasteiger partial charge in [-0.15, -0.1) is 0 Å². The van der Waals surface area contributed by atoms with Gasteiger partial charge >= 0.3 is 5.97 Å². The SMILES string of the molecule is CCOC(=O)C1CCN(/C=C(\C#N)S(=O)(=O)c2ccc(Cl)cc2)CC1. The van der Waals surface area contributed by atoms with Gasteiger partial charge in [0, 0.05) is 24.3 Å². The van der Waals surface area contributed by atoms with Crippen molar-refractivity contribution < 1.29 is 17.9 Å². The molecule has 1 heterocycles. The second-order valence-corrected chi connectivity index (χ2v) is 7.98. The maximum atomic E-state index is 12.6. The Morgan fingerprint density at radius 3 is 2.48 bits per heavy atom. The summed E-state index contributed by atoms with van der Waals surface area (Å²) >= 11 is 5.77. The highest BCUT2D eigenvalue weighted by atomic mass is 35.5. The van der Waals surface area contributed by atoms with Gasteiger partial charge in [0.15, 0.2) is 4.91 Å². The van der Waals surface area contributed by atoms with Crippen LogP contribution >= 0.6 is 11.6 Å². The molecule has 0 aromatic heterocycles. The molecule has 25 heavy (non-hydrogen) atoms. The van der Waals surface area contributed by atoms with Crippen LogP contribution in [0.15, 0.2) is 40.3 Å². The lowest BCUT2D eigenvalue weighted by Crippen LogP contribution is -2.34. The lowest BCUT2D eigenvalue weighted by atomic mass is 9.97. The highest BCUT2D eigenvalue weighted by Gasteiger charge is 2.27. The van der Waals surface area contributed by atoms with Gasteiger partial charge in [0.05, 0.1) is 17.4 Å². The van der Waals surface area contributed by atoms with Crippen LogP contribution < -0.4 is 0 Å². The first-order chi connectivity index (χ1) is 11.9. The molecule has 0 atom stereocenters. The minimum Gasteiger partial charge on any atom is -0.466 e. The van der Waals surface area contributed by atoms with Gasteiger partial charge < -0.3 is 9.64 Å². The van der Waals surface area contributed by atoms with Crippen LogP contribution in [0.2, 0.25) is 5.02 Å². The van der Waals surface area contributed by atoms with Crippen LogP contribution in [0.4, 0.5) is 0 Å². The lowest BCUT2D eigenvalue weighted by molar-refractivity contribution is -0.149. The van der Waals surface area contributed by atoms with E-state index in [1.54, 1.807) is 17.9 Å². The third-order valence-electron chi connectivity index (χ3n) is 3.97. The number of rotatable bonds is 5. The summed E-state index contributed by atoms with van der Waals surface area (Å²) in [4.78, 5) is 13.2. The van der Waals surface area contributed by atoms with Crippen molar-refractivity contribution in [3.63, 3.8) is 0 Å². The summed E-state index contributed by atoms with van der Waals surface area (Å²) in [5, 5.41) is 9.71. The third-order valence-corrected chi connectivity index (χ3v) is 5.89. The fourth-order valence-corrected chi connectivity index (χ4v) is 3.87. The zero-order valence-corrected chi connectivity index (χ0v) is 15.4. The molecule has 0 spiro atoms. The van der Waals surface area contributed by atoms with E-state index in [2.05, 4.69) is 0 Å². The average molecular weight is 383 g/mol. The molecule has 0 amide bonds. The van der Waals surface area contributed by atoms with Crippen LogP contribution in [0.1, 0.15) is 19.8 Å². The Labute approximate surface area is 152 Å². The van der Waals surface area contributed by atoms with E-state index < -0.39 is 9.84 Å². The largest absolute Gasteiger partial charge is 0.466 e. The number of carbonyl (C=O) groups is 1. The maximum Gasteiger partial charge on any atom is 0.309 e. The van der Waals surface area contributed by atoms with E-state index in [0.717, 1.165) is 0 Å². The first kappa shape index (κ1) is 19.3. The summed E-state index contributed by atoms with van der Waals surface area (Å²) in [6.07, 6.45) is 2.48. The van der Waals surface area contributed by atoms with Crippen molar-refractivity contribution in [2.75, 3.05) is 19.7 Å². The Balaban J connectivity index is 2.12. The summed E-state index contributed by atoms with van der Waals surface area (Å²) in [6.45, 7) is 3.09. The minimum atomic E-state index is -3.90. The number of hydrogen-bond acceptors (Lipinski definition) is 6. The molecule has 134 valence electrons.